The van der Waals surface area contributed by atoms with Gasteiger partial charge in [-0.15, -0.1) is 0 Å². The van der Waals surface area contributed by atoms with Crippen molar-refractivity contribution in [3.8, 4) is 0 Å². The number of hydrogen-bond acceptors (Lipinski definition) is 3. The number of nitrogens with zero attached hydrogens (tertiary/aromatic N) is 1. The van der Waals surface area contributed by atoms with Gasteiger partial charge in [-0.1, -0.05) is 22.0 Å². The van der Waals surface area contributed by atoms with Crippen LogP contribution in [0, 0.1) is 0 Å². The molecule has 0 bridgehead atoms. The molecule has 1 aromatic rings. The van der Waals surface area contributed by atoms with Crippen LogP contribution in [0.5, 0.6) is 0 Å². The summed E-state index contributed by atoms with van der Waals surface area (Å²) in [5.41, 5.74) is 1.35. The smallest absolute Gasteiger partial charge is 0.237 e. The summed E-state index contributed by atoms with van der Waals surface area (Å²) in [7, 11) is -2.96. The molecule has 0 N–H and O–H groups in total. The number of anilines is 1. The van der Waals surface area contributed by atoms with E-state index in [4.69, 9.17) is 0 Å². The van der Waals surface area contributed by atoms with E-state index in [1.165, 1.54) is 0 Å². The predicted octanol–water partition coefficient (Wildman–Crippen LogP) is 3.04. The van der Waals surface area contributed by atoms with Gasteiger partial charge in [-0.3, -0.25) is 4.79 Å². The van der Waals surface area contributed by atoms with E-state index >= 15 is 0 Å². The summed E-state index contributed by atoms with van der Waals surface area (Å²) in [5, 5.41) is -0.125. The van der Waals surface area contributed by atoms with Crippen molar-refractivity contribution in [2.24, 2.45) is 0 Å². The first-order chi connectivity index (χ1) is 10.2. The van der Waals surface area contributed by atoms with Crippen LogP contribution in [0.3, 0.4) is 0 Å². The summed E-state index contributed by atoms with van der Waals surface area (Å²) in [6, 6.07) is 5.85. The zero-order chi connectivity index (χ0) is 16.1. The lowest BCUT2D eigenvalue weighted by Gasteiger charge is -2.20. The summed E-state index contributed by atoms with van der Waals surface area (Å²) < 4.78 is 24.9. The van der Waals surface area contributed by atoms with Gasteiger partial charge in [-0.25, -0.2) is 8.42 Å². The van der Waals surface area contributed by atoms with Crippen molar-refractivity contribution in [3.63, 3.8) is 0 Å². The molecular weight excluding hydrogens is 366 g/mol. The third-order valence-electron chi connectivity index (χ3n) is 4.55. The van der Waals surface area contributed by atoms with Crippen LogP contribution in [0.15, 0.2) is 22.7 Å². The molecule has 1 fully saturated rings. The first-order valence-electron chi connectivity index (χ1n) is 7.57. The molecule has 1 aliphatic heterocycles. The molecular formula is C16H20BrNO3S. The van der Waals surface area contributed by atoms with Gasteiger partial charge in [0.1, 0.15) is 0 Å². The lowest BCUT2D eigenvalue weighted by Crippen LogP contribution is -2.37. The minimum Gasteiger partial charge on any atom is -0.311 e. The minimum absolute atomic E-state index is 0.0458. The summed E-state index contributed by atoms with van der Waals surface area (Å²) in [6.07, 6.45) is 2.09. The van der Waals surface area contributed by atoms with Crippen LogP contribution in [-0.4, -0.2) is 31.9 Å². The van der Waals surface area contributed by atoms with Gasteiger partial charge < -0.3 is 4.90 Å². The number of amides is 1. The number of sulfone groups is 1. The van der Waals surface area contributed by atoms with E-state index in [9.17, 15) is 13.2 Å². The average Bonchev–Trinajstić information content (AvgIpc) is 3.25. The predicted molar refractivity (Wildman–Crippen MR) is 90.9 cm³/mol. The highest BCUT2D eigenvalue weighted by Crippen LogP contribution is 2.42. The van der Waals surface area contributed by atoms with Crippen LogP contribution in [0.2, 0.25) is 0 Å². The molecule has 0 radical (unpaired) electrons. The van der Waals surface area contributed by atoms with Crippen LogP contribution in [0.1, 0.15) is 38.7 Å². The van der Waals surface area contributed by atoms with Gasteiger partial charge in [-0.2, -0.15) is 0 Å². The second-order valence-electron chi connectivity index (χ2n) is 6.66. The third kappa shape index (κ3) is 2.71. The van der Waals surface area contributed by atoms with Gasteiger partial charge in [0, 0.05) is 16.7 Å². The molecule has 3 rings (SSSR count). The zero-order valence-corrected chi connectivity index (χ0v) is 15.2. The molecule has 0 unspecified atom stereocenters. The maximum Gasteiger partial charge on any atom is 0.237 e. The number of rotatable bonds is 5. The Morgan fingerprint density at radius 3 is 2.64 bits per heavy atom. The molecule has 0 spiro atoms. The Morgan fingerprint density at radius 2 is 2.00 bits per heavy atom. The number of benzene rings is 1. The van der Waals surface area contributed by atoms with Gasteiger partial charge >= 0.3 is 0 Å². The number of hydrogen-bond donors (Lipinski definition) is 0. The van der Waals surface area contributed by atoms with Gasteiger partial charge in [0.15, 0.2) is 9.84 Å². The van der Waals surface area contributed by atoms with E-state index in [0.717, 1.165) is 28.6 Å². The van der Waals surface area contributed by atoms with Gasteiger partial charge in [0.2, 0.25) is 5.91 Å². The van der Waals surface area contributed by atoms with Gasteiger partial charge in [-0.05, 0) is 50.8 Å². The number of carbonyl (C=O) groups excluding carboxylic acids is 1. The molecule has 1 saturated carbocycles. The van der Waals surface area contributed by atoms with E-state index < -0.39 is 15.3 Å². The number of fused-ring (bicyclic) bond motifs is 1. The molecule has 1 aromatic carbocycles. The fraction of sp³-hybridized carbons (Fsp3) is 0.562. The molecule has 0 atom stereocenters. The van der Waals surface area contributed by atoms with Crippen LogP contribution >= 0.6 is 15.9 Å². The molecule has 120 valence electrons. The lowest BCUT2D eigenvalue weighted by atomic mass is 9.86. The van der Waals surface area contributed by atoms with Crippen LogP contribution < -0.4 is 4.90 Å². The van der Waals surface area contributed by atoms with Crippen molar-refractivity contribution < 1.29 is 13.2 Å². The van der Waals surface area contributed by atoms with Crippen molar-refractivity contribution in [2.45, 2.75) is 43.8 Å². The maximum atomic E-state index is 12.7. The highest BCUT2D eigenvalue weighted by Gasteiger charge is 2.43. The average molecular weight is 386 g/mol. The molecule has 1 heterocycles. The number of carbonyl (C=O) groups is 1. The third-order valence-corrected chi connectivity index (χ3v) is 7.38. The standard InChI is InChI=1S/C16H20BrNO3S/c1-16(2)13-7-4-11(17)10-14(13)18(15(16)19)8-3-9-22(20,21)12-5-6-12/h4,7,10,12H,3,5-6,8-9H2,1-2H3. The fourth-order valence-electron chi connectivity index (χ4n) is 3.06. The Balaban J connectivity index is 1.77. The molecule has 2 aliphatic rings. The van der Waals surface area contributed by atoms with E-state index in [0.29, 0.717) is 13.0 Å². The molecule has 4 nitrogen and oxygen atoms in total. The van der Waals surface area contributed by atoms with Crippen LogP contribution in [-0.2, 0) is 20.0 Å². The van der Waals surface area contributed by atoms with E-state index in [2.05, 4.69) is 15.9 Å². The zero-order valence-electron chi connectivity index (χ0n) is 12.8. The summed E-state index contributed by atoms with van der Waals surface area (Å²) >= 11 is 3.44. The molecule has 6 heteroatoms. The molecule has 0 saturated heterocycles. The van der Waals surface area contributed by atoms with E-state index in [1.54, 1.807) is 4.90 Å². The Hall–Kier alpha value is -0.880. The minimum atomic E-state index is -2.96. The largest absolute Gasteiger partial charge is 0.311 e. The van der Waals surface area contributed by atoms with Crippen molar-refractivity contribution >= 4 is 37.4 Å². The molecule has 1 aliphatic carbocycles. The SMILES string of the molecule is CC1(C)C(=O)N(CCCS(=O)(=O)C2CC2)c2cc(Br)ccc21. The summed E-state index contributed by atoms with van der Waals surface area (Å²) in [6.45, 7) is 4.30. The Kier molecular flexibility index (Phi) is 3.88. The first kappa shape index (κ1) is 16.0. The van der Waals surface area contributed by atoms with Crippen LogP contribution in [0.25, 0.3) is 0 Å². The van der Waals surface area contributed by atoms with Gasteiger partial charge in [0.25, 0.3) is 0 Å². The molecule has 1 amide bonds. The van der Waals surface area contributed by atoms with Crippen molar-refractivity contribution in [2.75, 3.05) is 17.2 Å². The monoisotopic (exact) mass is 385 g/mol. The maximum absolute atomic E-state index is 12.7. The highest BCUT2D eigenvalue weighted by molar-refractivity contribution is 9.10. The Bertz CT molecular complexity index is 723. The second kappa shape index (κ2) is 5.34. The number of halogens is 1. The quantitative estimate of drug-likeness (QED) is 0.782. The van der Waals surface area contributed by atoms with Gasteiger partial charge in [0.05, 0.1) is 16.4 Å². The Labute approximate surface area is 139 Å². The molecule has 22 heavy (non-hydrogen) atoms. The van der Waals surface area contributed by atoms with Crippen molar-refractivity contribution in [3.05, 3.63) is 28.2 Å². The normalized spacial score (nSPS) is 20.3. The van der Waals surface area contributed by atoms with E-state index in [-0.39, 0.29) is 16.9 Å². The second-order valence-corrected chi connectivity index (χ2v) is 9.98. The summed E-state index contributed by atoms with van der Waals surface area (Å²) in [5.74, 6) is 0.218. The van der Waals surface area contributed by atoms with Crippen molar-refractivity contribution in [1.82, 2.24) is 0 Å². The lowest BCUT2D eigenvalue weighted by molar-refractivity contribution is -0.122. The summed E-state index contributed by atoms with van der Waals surface area (Å²) in [4.78, 5) is 14.4. The van der Waals surface area contributed by atoms with E-state index in [1.807, 2.05) is 32.0 Å². The Morgan fingerprint density at radius 1 is 1.32 bits per heavy atom. The van der Waals surface area contributed by atoms with Crippen LogP contribution in [0.4, 0.5) is 5.69 Å². The first-order valence-corrected chi connectivity index (χ1v) is 10.1. The molecule has 0 aromatic heterocycles. The van der Waals surface area contributed by atoms with Crippen molar-refractivity contribution in [1.29, 1.82) is 0 Å². The highest BCUT2D eigenvalue weighted by atomic mass is 79.9. The topological polar surface area (TPSA) is 54.5 Å². The fourth-order valence-corrected chi connectivity index (χ4v) is 5.13.